The minimum atomic E-state index is -4.40. The number of hydrogen-bond donors (Lipinski definition) is 0. The second-order valence-corrected chi connectivity index (χ2v) is 24.9. The zero-order valence-corrected chi connectivity index (χ0v) is 49.7. The molecule has 6 aromatic rings. The third-order valence-corrected chi connectivity index (χ3v) is 10.9. The van der Waals surface area contributed by atoms with E-state index in [9.17, 15) is 79.0 Å². The van der Waals surface area contributed by atoms with Gasteiger partial charge in [0.1, 0.15) is 29.2 Å². The molecule has 5 aromatic heterocycles. The molecule has 0 aliphatic carbocycles. The lowest BCUT2D eigenvalue weighted by atomic mass is 9.86. The number of rotatable bonds is 0. The smallest absolute Gasteiger partial charge is 0.261 e. The molecular weight excluding hydrogens is 1150 g/mol. The van der Waals surface area contributed by atoms with Crippen LogP contribution in [0.3, 0.4) is 0 Å². The second-order valence-electron chi connectivity index (χ2n) is 24.9. The Hall–Kier alpha value is -6.43. The van der Waals surface area contributed by atoms with Crippen molar-refractivity contribution in [2.24, 2.45) is 0 Å². The molecule has 84 heavy (non-hydrogen) atoms. The Bertz CT molecular complexity index is 2400. The van der Waals surface area contributed by atoms with Crippen molar-refractivity contribution in [1.82, 2.24) is 34.9 Å². The molecule has 468 valence electrons. The summed E-state index contributed by atoms with van der Waals surface area (Å²) in [5.74, 6) is 0.201. The monoisotopic (exact) mass is 1220 g/mol. The van der Waals surface area contributed by atoms with Gasteiger partial charge in [-0.05, 0) is 65.6 Å². The van der Waals surface area contributed by atoms with Gasteiger partial charge in [0, 0.05) is 68.4 Å². The molecule has 25 heteroatoms. The lowest BCUT2D eigenvalue weighted by molar-refractivity contribution is -0.142. The van der Waals surface area contributed by atoms with Gasteiger partial charge in [-0.15, -0.1) is 0 Å². The average molecular weight is 1220 g/mol. The minimum absolute atomic E-state index is 0.201. The van der Waals surface area contributed by atoms with E-state index in [0.29, 0.717) is 28.3 Å². The predicted octanol–water partition coefficient (Wildman–Crippen LogP) is 19.8. The lowest BCUT2D eigenvalue weighted by Crippen LogP contribution is -2.19. The van der Waals surface area contributed by atoms with E-state index in [2.05, 4.69) is 34.9 Å². The summed E-state index contributed by atoms with van der Waals surface area (Å²) < 4.78 is 221. The predicted molar refractivity (Wildman–Crippen MR) is 285 cm³/mol. The summed E-state index contributed by atoms with van der Waals surface area (Å²) >= 11 is 0. The van der Waals surface area contributed by atoms with Crippen molar-refractivity contribution in [1.29, 1.82) is 0 Å². The Morgan fingerprint density at radius 3 is 1.05 bits per heavy atom. The molecule has 0 saturated heterocycles. The number of halogens is 18. The van der Waals surface area contributed by atoms with Crippen LogP contribution in [0.1, 0.15) is 193 Å². The summed E-state index contributed by atoms with van der Waals surface area (Å²) in [6.45, 7) is 33.1. The van der Waals surface area contributed by atoms with Gasteiger partial charge in [-0.2, -0.15) is 79.0 Å². The SMILES string of the molecule is CC(C)(C)c1cc(C(F)(F)F)ccn1.CC(C)(C)c1cc(C(F)(F)F)ncn1.CC(C)(C)c1ccc(C(F)(F)F)cn1.CC(C)(C)c1cccc(C(F)(F)F)c1.CC(C)(C)c1cccc(C(F)(F)F)n1.CC(C)(C)c1nccc(C(F)(F)F)n1. The van der Waals surface area contributed by atoms with Crippen LogP contribution in [-0.2, 0) is 69.5 Å². The molecule has 7 nitrogen and oxygen atoms in total. The van der Waals surface area contributed by atoms with E-state index in [0.717, 1.165) is 61.2 Å². The zero-order chi connectivity index (χ0) is 65.9. The normalized spacial score (nSPS) is 13.0. The third kappa shape index (κ3) is 26.7. The Balaban J connectivity index is 0.000000504. The zero-order valence-electron chi connectivity index (χ0n) is 49.7. The fourth-order valence-electron chi connectivity index (χ4n) is 5.99. The Kier molecular flexibility index (Phi) is 25.0. The van der Waals surface area contributed by atoms with Crippen molar-refractivity contribution in [3.63, 3.8) is 0 Å². The largest absolute Gasteiger partial charge is 0.433 e. The summed E-state index contributed by atoms with van der Waals surface area (Å²) in [5.41, 5.74) is -3.94. The number of nitrogens with zero attached hydrogens (tertiary/aromatic N) is 7. The summed E-state index contributed by atoms with van der Waals surface area (Å²) in [5, 5.41) is 0. The summed E-state index contributed by atoms with van der Waals surface area (Å²) in [4.78, 5) is 25.6. The fourth-order valence-corrected chi connectivity index (χ4v) is 5.99. The van der Waals surface area contributed by atoms with Crippen LogP contribution in [0.4, 0.5) is 79.0 Å². The molecule has 0 radical (unpaired) electrons. The number of hydrogen-bond acceptors (Lipinski definition) is 7. The Morgan fingerprint density at radius 1 is 0.250 bits per heavy atom. The molecule has 0 amide bonds. The second kappa shape index (κ2) is 27.7. The number of aromatic nitrogens is 7. The summed E-state index contributed by atoms with van der Waals surface area (Å²) in [6, 6.07) is 15.9. The van der Waals surface area contributed by atoms with Gasteiger partial charge in [-0.3, -0.25) is 9.97 Å². The van der Waals surface area contributed by atoms with Gasteiger partial charge in [0.05, 0.1) is 16.7 Å². The molecule has 1 aromatic carbocycles. The van der Waals surface area contributed by atoms with Crippen LogP contribution < -0.4 is 0 Å². The lowest BCUT2D eigenvalue weighted by Gasteiger charge is -2.20. The molecule has 0 bridgehead atoms. The highest BCUT2D eigenvalue weighted by Crippen LogP contribution is 2.36. The van der Waals surface area contributed by atoms with E-state index in [1.54, 1.807) is 53.7 Å². The topological polar surface area (TPSA) is 90.2 Å². The van der Waals surface area contributed by atoms with Crippen LogP contribution in [0.15, 0.2) is 104 Å². The van der Waals surface area contributed by atoms with Gasteiger partial charge in [-0.25, -0.2) is 24.9 Å². The standard InChI is InChI=1S/C11H13F3.3C10H12F3N.2C9H11F3N2/c1-10(2,3)8-5-4-6-9(7-8)11(12,13)14;1-9(2,3)8-6-7(4-5-14-8)10(11,12)13;1-9(2,3)8-5-4-7(6-14-8)10(11,12)13;1-9(2,3)7-5-4-6-8(14-7)10(11,12)13;1-8(2,3)6-4-7(9(10,11)12)14-5-13-6;1-8(2,3)7-13-5-4-6(14-7)9(10,11)12/h4-7H,1-3H3;3*4-6H,1-3H3;2*4-5H,1-3H3. The van der Waals surface area contributed by atoms with Gasteiger partial charge in [0.15, 0.2) is 0 Å². The maximum absolute atomic E-state index is 12.4. The van der Waals surface area contributed by atoms with Gasteiger partial charge in [0.25, 0.3) is 0 Å². The van der Waals surface area contributed by atoms with E-state index in [4.69, 9.17) is 0 Å². The fraction of sp³-hybridized carbons (Fsp3) is 0.508. The highest BCUT2D eigenvalue weighted by atomic mass is 19.4. The number of pyridine rings is 3. The van der Waals surface area contributed by atoms with Crippen molar-refractivity contribution in [3.8, 4) is 0 Å². The van der Waals surface area contributed by atoms with Crippen molar-refractivity contribution in [3.05, 3.63) is 172 Å². The van der Waals surface area contributed by atoms with Crippen molar-refractivity contribution in [2.75, 3.05) is 0 Å². The molecule has 0 fully saturated rings. The molecule has 0 unspecified atom stereocenters. The maximum Gasteiger partial charge on any atom is 0.433 e. The Labute approximate surface area is 478 Å². The number of benzene rings is 1. The van der Waals surface area contributed by atoms with Gasteiger partial charge in [-0.1, -0.05) is 149 Å². The Morgan fingerprint density at radius 2 is 0.643 bits per heavy atom. The summed E-state index contributed by atoms with van der Waals surface area (Å²) in [6.07, 6.45) is -21.8. The minimum Gasteiger partial charge on any atom is -0.261 e. The van der Waals surface area contributed by atoms with E-state index < -0.39 is 81.7 Å². The first-order valence-electron chi connectivity index (χ1n) is 25.4. The van der Waals surface area contributed by atoms with Crippen LogP contribution in [0.5, 0.6) is 0 Å². The first-order chi connectivity index (χ1) is 37.3. The van der Waals surface area contributed by atoms with Crippen LogP contribution in [0.2, 0.25) is 0 Å². The molecule has 0 saturated carbocycles. The quantitative estimate of drug-likeness (QED) is 0.140. The molecule has 0 aliphatic heterocycles. The molecule has 0 atom stereocenters. The third-order valence-electron chi connectivity index (χ3n) is 10.9. The van der Waals surface area contributed by atoms with Crippen molar-refractivity contribution >= 4 is 0 Å². The first kappa shape index (κ1) is 75.6. The van der Waals surface area contributed by atoms with Crippen LogP contribution in [0, 0.1) is 0 Å². The van der Waals surface area contributed by atoms with Gasteiger partial charge >= 0.3 is 37.1 Å². The van der Waals surface area contributed by atoms with E-state index in [-0.39, 0.29) is 27.5 Å². The van der Waals surface area contributed by atoms with Crippen LogP contribution in [0.25, 0.3) is 0 Å². The molecular formula is C59H71F18N7. The molecule has 0 spiro atoms. The van der Waals surface area contributed by atoms with Gasteiger partial charge in [0.2, 0.25) is 0 Å². The average Bonchev–Trinajstić information content (AvgIpc) is 3.51. The number of alkyl halides is 18. The highest BCUT2D eigenvalue weighted by molar-refractivity contribution is 5.30. The highest BCUT2D eigenvalue weighted by Gasteiger charge is 2.37. The molecule has 5 heterocycles. The molecule has 0 N–H and O–H groups in total. The van der Waals surface area contributed by atoms with E-state index in [1.807, 2.05) is 83.1 Å². The molecule has 0 aliphatic rings. The van der Waals surface area contributed by atoms with Crippen LogP contribution >= 0.6 is 0 Å². The first-order valence-corrected chi connectivity index (χ1v) is 25.4. The van der Waals surface area contributed by atoms with Crippen molar-refractivity contribution < 1.29 is 79.0 Å². The van der Waals surface area contributed by atoms with E-state index in [1.165, 1.54) is 30.5 Å². The van der Waals surface area contributed by atoms with Crippen LogP contribution in [-0.4, -0.2) is 34.9 Å². The van der Waals surface area contributed by atoms with Crippen molar-refractivity contribution in [2.45, 2.75) is 194 Å². The maximum atomic E-state index is 12.4. The molecule has 6 rings (SSSR count). The van der Waals surface area contributed by atoms with E-state index >= 15 is 0 Å². The summed E-state index contributed by atoms with van der Waals surface area (Å²) in [7, 11) is 0. The van der Waals surface area contributed by atoms with Gasteiger partial charge < -0.3 is 0 Å².